The highest BCUT2D eigenvalue weighted by atomic mass is 28.2. The third kappa shape index (κ3) is 9.59. The first kappa shape index (κ1) is 10.6. The molecule has 0 aromatic rings. The molecule has 2 nitrogen and oxygen atoms in total. The lowest BCUT2D eigenvalue weighted by atomic mass is 10.2. The van der Waals surface area contributed by atoms with Crippen LogP contribution in [0.1, 0.15) is 26.2 Å². The lowest BCUT2D eigenvalue weighted by Crippen LogP contribution is -2.06. The molecule has 1 rings (SSSR count). The zero-order valence-corrected chi connectivity index (χ0v) is 9.35. The van der Waals surface area contributed by atoms with E-state index in [4.69, 9.17) is 4.43 Å². The summed E-state index contributed by atoms with van der Waals surface area (Å²) < 4.78 is 4.69. The zero-order valence-electron chi connectivity index (χ0n) is 7.35. The van der Waals surface area contributed by atoms with Crippen LogP contribution in [0.4, 0.5) is 0 Å². The van der Waals surface area contributed by atoms with Gasteiger partial charge in [-0.15, -0.1) is 0 Å². The van der Waals surface area contributed by atoms with Crippen molar-refractivity contribution in [1.29, 1.82) is 0 Å². The smallest absolute Gasteiger partial charge is 0.182 e. The maximum Gasteiger partial charge on any atom is 0.182 e. The van der Waals surface area contributed by atoms with Crippen LogP contribution in [0.2, 0.25) is 0 Å². The van der Waals surface area contributed by atoms with E-state index in [-0.39, 0.29) is 12.4 Å². The quantitative estimate of drug-likeness (QED) is 0.460. The van der Waals surface area contributed by atoms with Gasteiger partial charge in [-0.3, -0.25) is 4.79 Å². The first-order chi connectivity index (χ1) is 5.18. The minimum Gasteiger partial charge on any atom is -0.420 e. The molecule has 0 atom stereocenters. The van der Waals surface area contributed by atoms with Gasteiger partial charge in [0.2, 0.25) is 0 Å². The van der Waals surface area contributed by atoms with Crippen LogP contribution in [0.15, 0.2) is 12.2 Å². The van der Waals surface area contributed by atoms with Crippen LogP contribution >= 0.6 is 0 Å². The van der Waals surface area contributed by atoms with Gasteiger partial charge in [0.25, 0.3) is 0 Å². The van der Waals surface area contributed by atoms with Gasteiger partial charge in [-0.1, -0.05) is 25.8 Å². The molecule has 0 N–H and O–H groups in total. The van der Waals surface area contributed by atoms with Crippen LogP contribution in [0.5, 0.6) is 0 Å². The summed E-state index contributed by atoms with van der Waals surface area (Å²) in [6, 6.07) is 0. The number of ketones is 1. The van der Waals surface area contributed by atoms with Crippen LogP contribution in [0.3, 0.4) is 0 Å². The third-order valence-electron chi connectivity index (χ3n) is 1.10. The molecule has 0 bridgehead atoms. The molecule has 0 unspecified atom stereocenters. The molecule has 1 fully saturated rings. The van der Waals surface area contributed by atoms with Crippen molar-refractivity contribution in [3.63, 3.8) is 0 Å². The monoisotopic (exact) mass is 172 g/mol. The first-order valence-corrected chi connectivity index (χ1v) is 4.67. The second-order valence-electron chi connectivity index (χ2n) is 2.70. The Morgan fingerprint density at radius 2 is 2.00 bits per heavy atom. The summed E-state index contributed by atoms with van der Waals surface area (Å²) in [7, 11) is 0.621. The predicted octanol–water partition coefficient (Wildman–Crippen LogP) is 0.599. The highest BCUT2D eigenvalue weighted by Gasteiger charge is 1.97. The molecule has 0 radical (unpaired) electrons. The molecule has 0 spiro atoms. The summed E-state index contributed by atoms with van der Waals surface area (Å²) in [6.45, 7) is 5.35. The van der Waals surface area contributed by atoms with E-state index in [9.17, 15) is 4.79 Å². The van der Waals surface area contributed by atoms with E-state index in [1.165, 1.54) is 19.3 Å². The van der Waals surface area contributed by atoms with Crippen LogP contribution in [0, 0.1) is 0 Å². The molecule has 64 valence electrons. The van der Waals surface area contributed by atoms with Gasteiger partial charge in [0.05, 0.1) is 6.61 Å². The Balaban J connectivity index is 0.000000271. The number of Topliss-reactive ketones (excluding diaryl/α,β-unsaturated/α-hetero) is 1. The summed E-state index contributed by atoms with van der Waals surface area (Å²) in [5.74, 6) is 0.000000000000000222. The average Bonchev–Trinajstić information content (AvgIpc) is 2.72. The second-order valence-corrected chi connectivity index (χ2v) is 3.27. The molecule has 0 heterocycles. The lowest BCUT2D eigenvalue weighted by Gasteiger charge is -1.94. The third-order valence-corrected chi connectivity index (χ3v) is 1.39. The number of carbonyl (C=O) groups excluding carboxylic acids is 1. The molecule has 0 amide bonds. The van der Waals surface area contributed by atoms with Gasteiger partial charge in [0, 0.05) is 0 Å². The van der Waals surface area contributed by atoms with Crippen LogP contribution in [-0.4, -0.2) is 22.9 Å². The Morgan fingerprint density at radius 1 is 1.55 bits per heavy atom. The second kappa shape index (κ2) is 6.31. The average molecular weight is 172 g/mol. The van der Waals surface area contributed by atoms with Crippen molar-refractivity contribution in [2.24, 2.45) is 0 Å². The molecule has 0 aliphatic heterocycles. The van der Waals surface area contributed by atoms with Gasteiger partial charge in [0.15, 0.2) is 5.78 Å². The predicted molar refractivity (Wildman–Crippen MR) is 49.6 cm³/mol. The van der Waals surface area contributed by atoms with E-state index in [0.29, 0.717) is 16.1 Å². The topological polar surface area (TPSA) is 26.3 Å². The number of carbonyl (C=O) groups is 1. The normalized spacial score (nSPS) is 13.2. The maximum absolute atomic E-state index is 10.5. The molecule has 0 aromatic heterocycles. The van der Waals surface area contributed by atoms with Crippen molar-refractivity contribution in [2.45, 2.75) is 26.2 Å². The Kier molecular flexibility index (Phi) is 6.07. The molecule has 0 aromatic carbocycles. The minimum absolute atomic E-state index is 0.000000000000000222. The van der Waals surface area contributed by atoms with Crippen molar-refractivity contribution in [3.8, 4) is 0 Å². The van der Waals surface area contributed by atoms with Gasteiger partial charge >= 0.3 is 0 Å². The molecule has 1 aliphatic carbocycles. The fraction of sp³-hybridized carbons (Fsp3) is 0.625. The van der Waals surface area contributed by atoms with Crippen LogP contribution in [-0.2, 0) is 9.22 Å². The summed E-state index contributed by atoms with van der Waals surface area (Å²) in [5, 5.41) is 0. The van der Waals surface area contributed by atoms with Gasteiger partial charge in [-0.2, -0.15) is 0 Å². The molecule has 3 heteroatoms. The summed E-state index contributed by atoms with van der Waals surface area (Å²) in [6.07, 6.45) is 4.50. The zero-order chi connectivity index (χ0) is 8.69. The first-order valence-electron chi connectivity index (χ1n) is 3.86. The molecule has 1 saturated carbocycles. The van der Waals surface area contributed by atoms with E-state index in [2.05, 4.69) is 6.58 Å². The lowest BCUT2D eigenvalue weighted by molar-refractivity contribution is -0.117. The largest absolute Gasteiger partial charge is 0.420 e. The summed E-state index contributed by atoms with van der Waals surface area (Å²) in [4.78, 5) is 10.5. The fourth-order valence-electron chi connectivity index (χ4n) is 0.254. The van der Waals surface area contributed by atoms with Crippen molar-refractivity contribution in [3.05, 3.63) is 12.2 Å². The van der Waals surface area contributed by atoms with Crippen molar-refractivity contribution in [2.75, 3.05) is 6.61 Å². The van der Waals surface area contributed by atoms with Gasteiger partial charge in [-0.05, 0) is 12.5 Å². The standard InChI is InChI=1S/C5H10O2Si.C3H6/c1-4(2)5(6)3-7-8;1-2-3-1/h1,3H2,2,8H3;1-3H2. The molecular weight excluding hydrogens is 156 g/mol. The van der Waals surface area contributed by atoms with Crippen molar-refractivity contribution in [1.82, 2.24) is 0 Å². The summed E-state index contributed by atoms with van der Waals surface area (Å²) in [5.41, 5.74) is 0.570. The van der Waals surface area contributed by atoms with Crippen molar-refractivity contribution < 1.29 is 9.22 Å². The summed E-state index contributed by atoms with van der Waals surface area (Å²) >= 11 is 0. The Morgan fingerprint density at radius 3 is 2.09 bits per heavy atom. The molecule has 0 saturated heterocycles. The Hall–Kier alpha value is -0.413. The molecular formula is C8H16O2Si. The maximum atomic E-state index is 10.5. The number of hydrogen-bond acceptors (Lipinski definition) is 2. The number of rotatable bonds is 3. The van der Waals surface area contributed by atoms with Gasteiger partial charge in [-0.25, -0.2) is 0 Å². The van der Waals surface area contributed by atoms with E-state index >= 15 is 0 Å². The number of hydrogen-bond donors (Lipinski definition) is 0. The highest BCUT2D eigenvalue weighted by molar-refractivity contribution is 6.02. The minimum atomic E-state index is 0.000000000000000222. The van der Waals surface area contributed by atoms with Gasteiger partial charge in [0.1, 0.15) is 10.5 Å². The van der Waals surface area contributed by atoms with Gasteiger partial charge < -0.3 is 4.43 Å². The van der Waals surface area contributed by atoms with Crippen LogP contribution in [0.25, 0.3) is 0 Å². The highest BCUT2D eigenvalue weighted by Crippen LogP contribution is 2.14. The SMILES string of the molecule is C1CC1.C=C(C)C(=O)CO[SiH3]. The van der Waals surface area contributed by atoms with E-state index in [1.54, 1.807) is 6.92 Å². The van der Waals surface area contributed by atoms with Crippen LogP contribution < -0.4 is 0 Å². The molecule has 11 heavy (non-hydrogen) atoms. The van der Waals surface area contributed by atoms with E-state index < -0.39 is 0 Å². The Bertz CT molecular complexity index is 138. The fourth-order valence-corrected chi connectivity index (χ4v) is 0.516. The Labute approximate surface area is 71.2 Å². The van der Waals surface area contributed by atoms with E-state index in [1.807, 2.05) is 0 Å². The van der Waals surface area contributed by atoms with E-state index in [0.717, 1.165) is 0 Å². The van der Waals surface area contributed by atoms with Crippen molar-refractivity contribution >= 4 is 16.3 Å². The molecule has 1 aliphatic rings.